The molecule has 198 valence electrons. The molecule has 0 aliphatic rings. The monoisotopic (exact) mass is 542 g/mol. The Hall–Kier alpha value is -5.60. The van der Waals surface area contributed by atoms with Crippen molar-refractivity contribution in [3.8, 4) is 22.3 Å². The van der Waals surface area contributed by atoms with E-state index in [1.165, 1.54) is 0 Å². The molecule has 8 rings (SSSR count). The number of hydrogen-bond acceptors (Lipinski definition) is 2. The lowest BCUT2D eigenvalue weighted by molar-refractivity contribution is 0.672. The highest BCUT2D eigenvalue weighted by molar-refractivity contribution is 6.19. The number of benzene rings is 7. The number of rotatable bonds is 5. The molecule has 0 aliphatic carbocycles. The molecule has 1 heterocycles. The molecule has 2 heteroatoms. The fourth-order valence-corrected chi connectivity index (χ4v) is 5.75. The first-order chi connectivity index (χ1) is 22.9. The summed E-state index contributed by atoms with van der Waals surface area (Å²) in [5, 5.41) is 4.15. The second kappa shape index (κ2) is 10.1. The van der Waals surface area contributed by atoms with Crippen molar-refractivity contribution in [3.63, 3.8) is 0 Å². The van der Waals surface area contributed by atoms with E-state index in [2.05, 4.69) is 71.6 Å². The first-order valence-corrected chi connectivity index (χ1v) is 13.9. The fourth-order valence-electron chi connectivity index (χ4n) is 5.75. The molecule has 1 aromatic heterocycles. The molecule has 0 aliphatic heterocycles. The van der Waals surface area contributed by atoms with Crippen LogP contribution in [0, 0.1) is 0 Å². The molecular formula is C40H27NO. The maximum absolute atomic E-state index is 8.48. The van der Waals surface area contributed by atoms with Gasteiger partial charge in [0.15, 0.2) is 0 Å². The zero-order chi connectivity index (χ0) is 32.2. The lowest BCUT2D eigenvalue weighted by Crippen LogP contribution is -2.10. The van der Waals surface area contributed by atoms with Crippen molar-refractivity contribution in [1.29, 1.82) is 0 Å². The summed E-state index contributed by atoms with van der Waals surface area (Å²) in [6, 6.07) is 43.1. The number of furan rings is 1. The second-order valence-corrected chi connectivity index (χ2v) is 10.2. The zero-order valence-corrected chi connectivity index (χ0v) is 22.6. The highest BCUT2D eigenvalue weighted by Gasteiger charge is 2.20. The molecule has 0 unspecified atom stereocenters. The van der Waals surface area contributed by atoms with Crippen molar-refractivity contribution in [2.75, 3.05) is 4.90 Å². The average molecular weight is 543 g/mol. The van der Waals surface area contributed by atoms with Gasteiger partial charge >= 0.3 is 0 Å². The van der Waals surface area contributed by atoms with E-state index < -0.39 is 6.04 Å². The van der Waals surface area contributed by atoms with Crippen LogP contribution in [0.4, 0.5) is 17.1 Å². The maximum Gasteiger partial charge on any atom is 0.143 e. The third kappa shape index (κ3) is 4.13. The largest absolute Gasteiger partial charge is 0.455 e. The summed E-state index contributed by atoms with van der Waals surface area (Å²) >= 11 is 0. The van der Waals surface area contributed by atoms with E-state index in [1.54, 1.807) is 0 Å². The van der Waals surface area contributed by atoms with Gasteiger partial charge in [0.05, 0.1) is 17.9 Å². The van der Waals surface area contributed by atoms with Crippen molar-refractivity contribution in [1.82, 2.24) is 0 Å². The van der Waals surface area contributed by atoms with E-state index in [0.29, 0.717) is 5.56 Å². The lowest BCUT2D eigenvalue weighted by Gasteiger charge is -2.26. The van der Waals surface area contributed by atoms with Crippen LogP contribution in [0.2, 0.25) is 0 Å². The Morgan fingerprint density at radius 3 is 1.86 bits per heavy atom. The number of anilines is 3. The number of nitrogens with zero attached hydrogens (tertiary/aromatic N) is 1. The van der Waals surface area contributed by atoms with Crippen molar-refractivity contribution in [2.24, 2.45) is 0 Å². The molecule has 0 N–H and O–H groups in total. The third-order valence-corrected chi connectivity index (χ3v) is 7.75. The molecular weight excluding hydrogens is 510 g/mol. The third-order valence-electron chi connectivity index (χ3n) is 7.75. The van der Waals surface area contributed by atoms with Gasteiger partial charge in [0, 0.05) is 22.1 Å². The van der Waals surface area contributed by atoms with Gasteiger partial charge in [-0.15, -0.1) is 0 Å². The summed E-state index contributed by atoms with van der Waals surface area (Å²) in [6.45, 7) is 0. The molecule has 8 aromatic rings. The minimum atomic E-state index is -0.404. The van der Waals surface area contributed by atoms with Crippen LogP contribution in [0.3, 0.4) is 0 Å². The topological polar surface area (TPSA) is 16.4 Å². The van der Waals surface area contributed by atoms with Crippen LogP contribution in [0.15, 0.2) is 168 Å². The number of fused-ring (bicyclic) bond motifs is 5. The summed E-state index contributed by atoms with van der Waals surface area (Å²) in [6.07, 6.45) is 0. The van der Waals surface area contributed by atoms with E-state index in [0.717, 1.165) is 60.9 Å². The molecule has 42 heavy (non-hydrogen) atoms. The highest BCUT2D eigenvalue weighted by atomic mass is 16.3. The molecule has 0 bridgehead atoms. The second-order valence-electron chi connectivity index (χ2n) is 10.2. The van der Waals surface area contributed by atoms with E-state index >= 15 is 0 Å². The van der Waals surface area contributed by atoms with Gasteiger partial charge in [0.2, 0.25) is 0 Å². The molecule has 0 saturated carbocycles. The van der Waals surface area contributed by atoms with Gasteiger partial charge in [-0.3, -0.25) is 0 Å². The molecule has 0 radical (unpaired) electrons. The normalized spacial score (nSPS) is 13.0. The van der Waals surface area contributed by atoms with Gasteiger partial charge in [0.25, 0.3) is 0 Å². The highest BCUT2D eigenvalue weighted by Crippen LogP contribution is 2.44. The zero-order valence-electron chi connectivity index (χ0n) is 27.6. The van der Waals surface area contributed by atoms with Crippen LogP contribution in [0.1, 0.15) is 6.85 Å². The van der Waals surface area contributed by atoms with E-state index in [1.807, 2.05) is 66.7 Å². The van der Waals surface area contributed by atoms with E-state index in [4.69, 9.17) is 11.3 Å². The minimum absolute atomic E-state index is 0.177. The molecule has 0 fully saturated rings. The standard InChI is InChI=1S/C40H27NO/c1-3-10-28(11-4-1)30-18-23-33(24-19-30)41(34-25-20-31(21-26-34)29-12-5-2-6-13-29)37-16-9-17-38-39(37)36-27-22-32-14-7-8-15-35(32)40(36)42-38/h1-27H/i1D,3D,4D,10D,11D. The predicted molar refractivity (Wildman–Crippen MR) is 177 cm³/mol. The Morgan fingerprint density at radius 1 is 0.476 bits per heavy atom. The van der Waals surface area contributed by atoms with Crippen LogP contribution in [0.5, 0.6) is 0 Å². The van der Waals surface area contributed by atoms with Crippen LogP contribution in [-0.2, 0) is 0 Å². The van der Waals surface area contributed by atoms with Gasteiger partial charge in [-0.05, 0) is 70.1 Å². The molecule has 0 amide bonds. The van der Waals surface area contributed by atoms with Crippen LogP contribution >= 0.6 is 0 Å². The van der Waals surface area contributed by atoms with Gasteiger partial charge in [0.1, 0.15) is 11.2 Å². The van der Waals surface area contributed by atoms with Crippen molar-refractivity contribution in [3.05, 3.63) is 164 Å². The van der Waals surface area contributed by atoms with Crippen molar-refractivity contribution in [2.45, 2.75) is 0 Å². The Bertz CT molecular complexity index is 2420. The first-order valence-electron chi connectivity index (χ1n) is 16.4. The maximum atomic E-state index is 8.48. The summed E-state index contributed by atoms with van der Waals surface area (Å²) in [5.41, 5.74) is 7.27. The van der Waals surface area contributed by atoms with Crippen LogP contribution < -0.4 is 4.90 Å². The lowest BCUT2D eigenvalue weighted by atomic mass is 10.0. The van der Waals surface area contributed by atoms with Gasteiger partial charge in [-0.2, -0.15) is 0 Å². The summed E-state index contributed by atoms with van der Waals surface area (Å²) < 4.78 is 47.8. The Morgan fingerprint density at radius 2 is 1.12 bits per heavy atom. The van der Waals surface area contributed by atoms with E-state index in [9.17, 15) is 0 Å². The molecule has 0 atom stereocenters. The Balaban J connectivity index is 1.33. The quantitative estimate of drug-likeness (QED) is 0.215. The molecule has 2 nitrogen and oxygen atoms in total. The summed E-state index contributed by atoms with van der Waals surface area (Å²) in [4.78, 5) is 2.17. The predicted octanol–water partition coefficient (Wildman–Crippen LogP) is 11.5. The van der Waals surface area contributed by atoms with E-state index in [-0.39, 0.29) is 29.7 Å². The van der Waals surface area contributed by atoms with Gasteiger partial charge in [-0.1, -0.05) is 121 Å². The Kier molecular flexibility index (Phi) is 4.68. The van der Waals surface area contributed by atoms with Gasteiger partial charge in [-0.25, -0.2) is 0 Å². The summed E-state index contributed by atoms with van der Waals surface area (Å²) in [7, 11) is 0. The van der Waals surface area contributed by atoms with Crippen molar-refractivity contribution >= 4 is 49.8 Å². The van der Waals surface area contributed by atoms with Crippen LogP contribution in [-0.4, -0.2) is 0 Å². The first kappa shape index (κ1) is 19.5. The SMILES string of the molecule is [2H]c1c([2H])c([2H])c(-c2ccc(N(c3ccc(-c4ccccc4)cc3)c3cccc4oc5c6ccccc6ccc5c34)cc2)c([2H])c1[2H]. The number of hydrogen-bond donors (Lipinski definition) is 0. The molecule has 0 spiro atoms. The molecule has 0 saturated heterocycles. The smallest absolute Gasteiger partial charge is 0.143 e. The average Bonchev–Trinajstić information content (AvgIpc) is 3.51. The molecule has 7 aromatic carbocycles. The fraction of sp³-hybridized carbons (Fsp3) is 0. The van der Waals surface area contributed by atoms with Crippen molar-refractivity contribution < 1.29 is 11.3 Å². The Labute approximate surface area is 251 Å². The minimum Gasteiger partial charge on any atom is -0.455 e. The van der Waals surface area contributed by atoms with Gasteiger partial charge < -0.3 is 9.32 Å². The van der Waals surface area contributed by atoms with Crippen LogP contribution in [0.25, 0.3) is 55.0 Å². The summed E-state index contributed by atoms with van der Waals surface area (Å²) in [5.74, 6) is 0.